The van der Waals surface area contributed by atoms with E-state index >= 15 is 0 Å². The van der Waals surface area contributed by atoms with E-state index in [9.17, 15) is 13.2 Å². The lowest BCUT2D eigenvalue weighted by molar-refractivity contribution is -0.119. The Labute approximate surface area is 139 Å². The van der Waals surface area contributed by atoms with E-state index in [0.29, 0.717) is 17.8 Å². The monoisotopic (exact) mass is 340 g/mol. The molecular weight excluding hydrogens is 312 g/mol. The van der Waals surface area contributed by atoms with Crippen molar-refractivity contribution in [1.29, 1.82) is 0 Å². The Hall–Kier alpha value is -0.620. The van der Waals surface area contributed by atoms with Crippen LogP contribution in [0.1, 0.15) is 51.9 Å². The van der Waals surface area contributed by atoms with Gasteiger partial charge in [0.05, 0.1) is 0 Å². The van der Waals surface area contributed by atoms with Gasteiger partial charge in [-0.15, -0.1) is 0 Å². The lowest BCUT2D eigenvalue weighted by atomic mass is 9.88. The van der Waals surface area contributed by atoms with Gasteiger partial charge in [-0.3, -0.25) is 4.79 Å². The first-order valence-corrected chi connectivity index (χ1v) is 10.9. The van der Waals surface area contributed by atoms with Crippen molar-refractivity contribution in [3.8, 4) is 0 Å². The smallest absolute Gasteiger partial charge is 0.236 e. The van der Waals surface area contributed by atoms with Gasteiger partial charge in [-0.05, 0) is 74.5 Å². The van der Waals surface area contributed by atoms with Crippen molar-refractivity contribution < 1.29 is 13.2 Å². The summed E-state index contributed by atoms with van der Waals surface area (Å²) in [5.41, 5.74) is 0. The van der Waals surface area contributed by atoms with Crippen molar-refractivity contribution in [2.24, 2.45) is 29.6 Å². The van der Waals surface area contributed by atoms with Gasteiger partial charge in [0, 0.05) is 12.1 Å². The highest BCUT2D eigenvalue weighted by atomic mass is 32.2. The summed E-state index contributed by atoms with van der Waals surface area (Å²) in [6, 6.07) is 0.277. The zero-order valence-corrected chi connectivity index (χ0v) is 14.6. The Bertz CT molecular complexity index is 567. The third-order valence-electron chi connectivity index (χ3n) is 6.75. The molecule has 0 saturated heterocycles. The first-order chi connectivity index (χ1) is 10.9. The molecular formula is C17H28N2O3S. The highest BCUT2D eigenvalue weighted by molar-refractivity contribution is 7.90. The van der Waals surface area contributed by atoms with Crippen LogP contribution in [-0.4, -0.2) is 32.2 Å². The van der Waals surface area contributed by atoms with Gasteiger partial charge < -0.3 is 5.32 Å². The Morgan fingerprint density at radius 3 is 2.22 bits per heavy atom. The molecule has 6 heteroatoms. The van der Waals surface area contributed by atoms with Crippen LogP contribution in [0.15, 0.2) is 0 Å². The first kappa shape index (κ1) is 15.9. The van der Waals surface area contributed by atoms with Crippen LogP contribution in [0.25, 0.3) is 0 Å². The van der Waals surface area contributed by atoms with E-state index in [1.165, 1.54) is 19.3 Å². The minimum Gasteiger partial charge on any atom is -0.352 e. The summed E-state index contributed by atoms with van der Waals surface area (Å²) < 4.78 is 27.1. The van der Waals surface area contributed by atoms with Gasteiger partial charge in [-0.1, -0.05) is 6.92 Å². The Morgan fingerprint density at radius 2 is 1.61 bits per heavy atom. The van der Waals surface area contributed by atoms with Crippen LogP contribution in [0, 0.1) is 29.6 Å². The van der Waals surface area contributed by atoms with E-state index in [1.54, 1.807) is 0 Å². The van der Waals surface area contributed by atoms with E-state index in [-0.39, 0.29) is 18.0 Å². The molecule has 130 valence electrons. The lowest BCUT2D eigenvalue weighted by Crippen LogP contribution is -2.43. The minimum atomic E-state index is -3.51. The molecule has 0 aromatic heterocycles. The zero-order chi connectivity index (χ0) is 16.2. The zero-order valence-electron chi connectivity index (χ0n) is 13.8. The van der Waals surface area contributed by atoms with E-state index in [1.807, 2.05) is 0 Å². The van der Waals surface area contributed by atoms with Gasteiger partial charge >= 0.3 is 0 Å². The summed E-state index contributed by atoms with van der Waals surface area (Å²) in [5.74, 6) is 2.82. The summed E-state index contributed by atoms with van der Waals surface area (Å²) in [6.07, 6.45) is 7.84. The molecule has 0 spiro atoms. The quantitative estimate of drug-likeness (QED) is 0.799. The van der Waals surface area contributed by atoms with E-state index in [2.05, 4.69) is 17.0 Å². The number of rotatable bonds is 5. The molecule has 5 nitrogen and oxygen atoms in total. The van der Waals surface area contributed by atoms with Gasteiger partial charge in [-0.25, -0.2) is 13.1 Å². The number of amides is 1. The molecule has 1 amide bonds. The second kappa shape index (κ2) is 5.73. The SMILES string of the molecule is CC1CCC(NS(=O)(=O)CC(=O)NC2[C@@H]3[C@H]4CC[C@@H](C4)[C@@H]23)CC1. The van der Waals surface area contributed by atoms with Crippen molar-refractivity contribution in [2.45, 2.75) is 64.0 Å². The molecule has 0 radical (unpaired) electrons. The average molecular weight is 340 g/mol. The second-order valence-electron chi connectivity index (χ2n) is 8.41. The molecule has 4 atom stereocenters. The maximum Gasteiger partial charge on any atom is 0.236 e. The van der Waals surface area contributed by atoms with Crippen LogP contribution in [0.2, 0.25) is 0 Å². The molecule has 0 aliphatic heterocycles. The summed E-state index contributed by atoms with van der Waals surface area (Å²) in [6.45, 7) is 2.21. The third kappa shape index (κ3) is 3.16. The van der Waals surface area contributed by atoms with E-state index in [0.717, 1.165) is 37.5 Å². The van der Waals surface area contributed by atoms with Crippen LogP contribution in [0.4, 0.5) is 0 Å². The van der Waals surface area contributed by atoms with Crippen LogP contribution in [0.5, 0.6) is 0 Å². The maximum absolute atomic E-state index is 12.2. The number of hydrogen-bond acceptors (Lipinski definition) is 3. The van der Waals surface area contributed by atoms with Gasteiger partial charge in [-0.2, -0.15) is 0 Å². The van der Waals surface area contributed by atoms with Gasteiger partial charge in [0.25, 0.3) is 0 Å². The number of sulfonamides is 1. The second-order valence-corrected chi connectivity index (χ2v) is 10.2. The molecule has 4 saturated carbocycles. The van der Waals surface area contributed by atoms with Crippen molar-refractivity contribution in [1.82, 2.24) is 10.0 Å². The highest BCUT2D eigenvalue weighted by Gasteiger charge is 2.65. The fourth-order valence-corrected chi connectivity index (χ4v) is 6.85. The van der Waals surface area contributed by atoms with Crippen LogP contribution >= 0.6 is 0 Å². The highest BCUT2D eigenvalue weighted by Crippen LogP contribution is 2.65. The van der Waals surface area contributed by atoms with Crippen LogP contribution in [0.3, 0.4) is 0 Å². The Balaban J connectivity index is 1.25. The molecule has 0 aromatic rings. The fraction of sp³-hybridized carbons (Fsp3) is 0.941. The van der Waals surface area contributed by atoms with E-state index < -0.39 is 15.8 Å². The normalized spacial score (nSPS) is 44.8. The summed E-state index contributed by atoms with van der Waals surface area (Å²) in [7, 11) is -3.51. The molecule has 0 unspecified atom stereocenters. The fourth-order valence-electron chi connectivity index (χ4n) is 5.59. The summed E-state index contributed by atoms with van der Waals surface area (Å²) in [4.78, 5) is 12.1. The van der Waals surface area contributed by atoms with Gasteiger partial charge in [0.2, 0.25) is 15.9 Å². The van der Waals surface area contributed by atoms with Crippen LogP contribution < -0.4 is 10.0 Å². The predicted octanol–water partition coefficient (Wildman–Crippen LogP) is 1.65. The molecule has 4 rings (SSSR count). The van der Waals surface area contributed by atoms with Crippen molar-refractivity contribution in [3.63, 3.8) is 0 Å². The molecule has 4 aliphatic carbocycles. The number of nitrogens with one attached hydrogen (secondary N) is 2. The molecule has 4 fully saturated rings. The number of fused-ring (bicyclic) bond motifs is 5. The van der Waals surface area contributed by atoms with Crippen molar-refractivity contribution in [2.75, 3.05) is 5.75 Å². The minimum absolute atomic E-state index is 0.0140. The Morgan fingerprint density at radius 1 is 1.00 bits per heavy atom. The average Bonchev–Trinajstić information content (AvgIpc) is 2.87. The molecule has 4 aliphatic rings. The summed E-state index contributed by atoms with van der Waals surface area (Å²) in [5, 5.41) is 3.00. The molecule has 2 bridgehead atoms. The lowest BCUT2D eigenvalue weighted by Gasteiger charge is -2.26. The molecule has 2 N–H and O–H groups in total. The number of carbonyl (C=O) groups is 1. The molecule has 0 heterocycles. The van der Waals surface area contributed by atoms with E-state index in [4.69, 9.17) is 0 Å². The van der Waals surface area contributed by atoms with Crippen molar-refractivity contribution >= 4 is 15.9 Å². The standard InChI is InChI=1S/C17H28N2O3S/c1-10-2-6-13(7-3-10)19-23(21,22)9-14(20)18-17-15-11-4-5-12(8-11)16(15)17/h10-13,15-17,19H,2-9H2,1H3,(H,18,20)/t10?,11-,12-,13?,15+,16+/m0/s1. The largest absolute Gasteiger partial charge is 0.352 e. The summed E-state index contributed by atoms with van der Waals surface area (Å²) >= 11 is 0. The van der Waals surface area contributed by atoms with Gasteiger partial charge in [0.1, 0.15) is 5.75 Å². The molecule has 23 heavy (non-hydrogen) atoms. The topological polar surface area (TPSA) is 75.3 Å². The van der Waals surface area contributed by atoms with Crippen molar-refractivity contribution in [3.05, 3.63) is 0 Å². The number of carbonyl (C=O) groups excluding carboxylic acids is 1. The maximum atomic E-state index is 12.2. The number of hydrogen-bond donors (Lipinski definition) is 2. The predicted molar refractivity (Wildman–Crippen MR) is 88.1 cm³/mol. The van der Waals surface area contributed by atoms with Gasteiger partial charge in [0.15, 0.2) is 0 Å². The first-order valence-electron chi connectivity index (χ1n) is 9.22. The Kier molecular flexibility index (Phi) is 3.95. The van der Waals surface area contributed by atoms with Crippen LogP contribution in [-0.2, 0) is 14.8 Å². The molecule has 0 aromatic carbocycles. The third-order valence-corrected chi connectivity index (χ3v) is 8.08.